The van der Waals surface area contributed by atoms with Crippen LogP contribution in [0, 0.1) is 5.92 Å². The van der Waals surface area contributed by atoms with E-state index >= 15 is 0 Å². The van der Waals surface area contributed by atoms with E-state index in [1.807, 2.05) is 41.1 Å². The van der Waals surface area contributed by atoms with Gasteiger partial charge in [-0.25, -0.2) is 0 Å². The van der Waals surface area contributed by atoms with Crippen molar-refractivity contribution in [3.05, 3.63) is 29.8 Å². The molecular weight excluding hydrogens is 318 g/mol. The fraction of sp³-hybridized carbons (Fsp3) is 0.579. The van der Waals surface area contributed by atoms with Crippen molar-refractivity contribution in [3.63, 3.8) is 0 Å². The van der Waals surface area contributed by atoms with Crippen LogP contribution in [0.2, 0.25) is 0 Å². The first-order valence-corrected chi connectivity index (χ1v) is 9.13. The number of likely N-dealkylation sites (N-methyl/N-ethyl adjacent to an activating group) is 1. The smallest absolute Gasteiger partial charge is 0.256 e. The van der Waals surface area contributed by atoms with E-state index in [0.29, 0.717) is 26.3 Å². The van der Waals surface area contributed by atoms with E-state index in [0.717, 1.165) is 37.2 Å². The third-order valence-corrected chi connectivity index (χ3v) is 5.74. The van der Waals surface area contributed by atoms with Crippen LogP contribution in [0.4, 0.5) is 5.69 Å². The first kappa shape index (κ1) is 16.4. The molecule has 2 atom stereocenters. The number of anilines is 1. The van der Waals surface area contributed by atoms with E-state index in [1.54, 1.807) is 0 Å². The zero-order chi connectivity index (χ0) is 17.4. The van der Waals surface area contributed by atoms with Crippen molar-refractivity contribution in [2.75, 3.05) is 51.3 Å². The molecule has 0 saturated carbocycles. The fourth-order valence-electron chi connectivity index (χ4n) is 4.23. The van der Waals surface area contributed by atoms with Crippen molar-refractivity contribution < 1.29 is 14.3 Å². The summed E-state index contributed by atoms with van der Waals surface area (Å²) in [4.78, 5) is 31.6. The Bertz CT molecular complexity index is 672. The number of benzene rings is 1. The molecule has 0 aromatic heterocycles. The number of amides is 2. The molecule has 0 radical (unpaired) electrons. The second-order valence-electron chi connectivity index (χ2n) is 7.20. The van der Waals surface area contributed by atoms with Crippen LogP contribution in [-0.2, 0) is 9.53 Å². The van der Waals surface area contributed by atoms with Crippen LogP contribution in [0.15, 0.2) is 24.3 Å². The number of nitrogens with zero attached hydrogens (tertiary/aromatic N) is 3. The van der Waals surface area contributed by atoms with Crippen molar-refractivity contribution in [2.45, 2.75) is 18.9 Å². The third-order valence-electron chi connectivity index (χ3n) is 5.74. The molecule has 25 heavy (non-hydrogen) atoms. The lowest BCUT2D eigenvalue weighted by atomic mass is 9.95. The van der Waals surface area contributed by atoms with Gasteiger partial charge in [0.15, 0.2) is 0 Å². The fourth-order valence-corrected chi connectivity index (χ4v) is 4.23. The highest BCUT2D eigenvalue weighted by Gasteiger charge is 2.40. The number of hydrogen-bond acceptors (Lipinski definition) is 4. The van der Waals surface area contributed by atoms with Crippen LogP contribution in [0.3, 0.4) is 0 Å². The minimum Gasteiger partial charge on any atom is -0.378 e. The van der Waals surface area contributed by atoms with E-state index in [2.05, 4.69) is 4.90 Å². The van der Waals surface area contributed by atoms with Crippen molar-refractivity contribution in [3.8, 4) is 0 Å². The lowest BCUT2D eigenvalue weighted by Crippen LogP contribution is -2.45. The Morgan fingerprint density at radius 1 is 1.12 bits per heavy atom. The summed E-state index contributed by atoms with van der Waals surface area (Å²) in [5.41, 5.74) is 1.72. The van der Waals surface area contributed by atoms with Crippen LogP contribution in [0.25, 0.3) is 0 Å². The van der Waals surface area contributed by atoms with Crippen molar-refractivity contribution in [2.24, 2.45) is 5.92 Å². The van der Waals surface area contributed by atoms with Crippen molar-refractivity contribution >= 4 is 17.5 Å². The van der Waals surface area contributed by atoms with Gasteiger partial charge in [0, 0.05) is 45.0 Å². The molecule has 4 fully saturated rings. The Hall–Kier alpha value is -2.08. The van der Waals surface area contributed by atoms with E-state index < -0.39 is 0 Å². The number of piperidine rings is 1. The van der Waals surface area contributed by atoms with Gasteiger partial charge in [0.2, 0.25) is 5.91 Å². The Morgan fingerprint density at radius 2 is 1.88 bits per heavy atom. The highest BCUT2D eigenvalue weighted by molar-refractivity contribution is 6.00. The highest BCUT2D eigenvalue weighted by Crippen LogP contribution is 2.30. The lowest BCUT2D eigenvalue weighted by molar-refractivity contribution is -0.138. The number of para-hydroxylation sites is 1. The van der Waals surface area contributed by atoms with Gasteiger partial charge in [-0.1, -0.05) is 12.1 Å². The molecule has 4 aliphatic rings. The number of carbonyl (C=O) groups excluding carboxylic acids is 2. The van der Waals surface area contributed by atoms with Crippen molar-refractivity contribution in [1.29, 1.82) is 0 Å². The standard InChI is InChI=1S/C19H25N3O3/c1-20-15-7-6-14(18(20)23)12-22(13-15)19(24)16-4-2-3-5-17(16)21-8-10-25-11-9-21/h2-5,14-15H,6-13H2,1H3/t14-,15+/m0/s1. The molecule has 1 aromatic rings. The van der Waals surface area contributed by atoms with E-state index in [9.17, 15) is 9.59 Å². The molecule has 0 spiro atoms. The van der Waals surface area contributed by atoms with Gasteiger partial charge in [-0.2, -0.15) is 0 Å². The molecule has 5 rings (SSSR count). The molecule has 6 nitrogen and oxygen atoms in total. The summed E-state index contributed by atoms with van der Waals surface area (Å²) in [6, 6.07) is 7.96. The number of morpholine rings is 1. The SMILES string of the molecule is CN1C(=O)[C@H]2CC[C@@H]1CN(C(=O)c1ccccc1N1CCOCC1)C2. The number of carbonyl (C=O) groups is 2. The predicted octanol–water partition coefficient (Wildman–Crippen LogP) is 1.22. The Morgan fingerprint density at radius 3 is 2.68 bits per heavy atom. The van der Waals surface area contributed by atoms with Crippen LogP contribution < -0.4 is 4.90 Å². The van der Waals surface area contributed by atoms with Crippen LogP contribution >= 0.6 is 0 Å². The molecule has 134 valence electrons. The second kappa shape index (κ2) is 6.67. The van der Waals surface area contributed by atoms with E-state index in [1.165, 1.54) is 0 Å². The first-order valence-electron chi connectivity index (χ1n) is 9.13. The van der Waals surface area contributed by atoms with E-state index in [-0.39, 0.29) is 23.8 Å². The summed E-state index contributed by atoms with van der Waals surface area (Å²) in [5, 5.41) is 0. The molecule has 4 aliphatic heterocycles. The molecule has 1 aromatic carbocycles. The third kappa shape index (κ3) is 2.99. The van der Waals surface area contributed by atoms with Gasteiger partial charge in [0.25, 0.3) is 5.91 Å². The van der Waals surface area contributed by atoms with Gasteiger partial charge in [0.05, 0.1) is 24.7 Å². The Labute approximate surface area is 148 Å². The summed E-state index contributed by atoms with van der Waals surface area (Å²) in [6.07, 6.45) is 1.88. The topological polar surface area (TPSA) is 53.1 Å². The quantitative estimate of drug-likeness (QED) is 0.810. The zero-order valence-corrected chi connectivity index (χ0v) is 14.7. The van der Waals surface area contributed by atoms with Crippen molar-refractivity contribution in [1.82, 2.24) is 9.80 Å². The summed E-state index contributed by atoms with van der Waals surface area (Å²) in [6.45, 7) is 4.16. The minimum atomic E-state index is -0.0525. The average molecular weight is 343 g/mol. The number of hydrogen-bond donors (Lipinski definition) is 0. The van der Waals surface area contributed by atoms with Gasteiger partial charge < -0.3 is 19.4 Å². The molecule has 4 heterocycles. The van der Waals surface area contributed by atoms with Gasteiger partial charge >= 0.3 is 0 Å². The summed E-state index contributed by atoms with van der Waals surface area (Å²) < 4.78 is 5.43. The van der Waals surface area contributed by atoms with Gasteiger partial charge in [-0.3, -0.25) is 9.59 Å². The molecule has 0 N–H and O–H groups in total. The normalized spacial score (nSPS) is 26.8. The summed E-state index contributed by atoms with van der Waals surface area (Å²) in [5.74, 6) is 0.179. The molecule has 0 aliphatic carbocycles. The number of ether oxygens (including phenoxy) is 1. The number of rotatable bonds is 2. The maximum absolute atomic E-state index is 13.3. The van der Waals surface area contributed by atoms with Gasteiger partial charge in [-0.05, 0) is 25.0 Å². The van der Waals surface area contributed by atoms with Gasteiger partial charge in [-0.15, -0.1) is 0 Å². The monoisotopic (exact) mass is 343 g/mol. The highest BCUT2D eigenvalue weighted by atomic mass is 16.5. The van der Waals surface area contributed by atoms with E-state index in [4.69, 9.17) is 4.74 Å². The van der Waals surface area contributed by atoms with Crippen LogP contribution in [-0.4, -0.2) is 74.1 Å². The second-order valence-corrected chi connectivity index (χ2v) is 7.20. The van der Waals surface area contributed by atoms with Gasteiger partial charge in [0.1, 0.15) is 0 Å². The first-order chi connectivity index (χ1) is 12.1. The van der Waals surface area contributed by atoms with Crippen LogP contribution in [0.1, 0.15) is 23.2 Å². The molecule has 2 amide bonds. The maximum atomic E-state index is 13.3. The lowest BCUT2D eigenvalue weighted by Gasteiger charge is -2.33. The minimum absolute atomic E-state index is 0.0436. The number of fused-ring (bicyclic) bond motifs is 4. The Kier molecular flexibility index (Phi) is 4.37. The zero-order valence-electron chi connectivity index (χ0n) is 14.7. The Balaban J connectivity index is 1.60. The molecule has 0 unspecified atom stereocenters. The molecule has 4 saturated heterocycles. The average Bonchev–Trinajstić information content (AvgIpc) is 2.95. The van der Waals surface area contributed by atoms with Crippen LogP contribution in [0.5, 0.6) is 0 Å². The molecular formula is C19H25N3O3. The largest absolute Gasteiger partial charge is 0.378 e. The summed E-state index contributed by atoms with van der Waals surface area (Å²) in [7, 11) is 1.87. The molecule has 6 heteroatoms. The summed E-state index contributed by atoms with van der Waals surface area (Å²) >= 11 is 0. The maximum Gasteiger partial charge on any atom is 0.256 e. The molecule has 2 bridgehead atoms. The predicted molar refractivity (Wildman–Crippen MR) is 94.7 cm³/mol.